The molecule has 0 radical (unpaired) electrons. The molecule has 1 heterocycles. The van der Waals surface area contributed by atoms with E-state index in [0.717, 1.165) is 17.8 Å². The molecule has 0 aliphatic rings. The summed E-state index contributed by atoms with van der Waals surface area (Å²) in [6.07, 6.45) is 1.40. The molecule has 1 amide bonds. The van der Waals surface area contributed by atoms with Gasteiger partial charge in [0.1, 0.15) is 5.01 Å². The second-order valence-corrected chi connectivity index (χ2v) is 3.43. The van der Waals surface area contributed by atoms with Crippen molar-refractivity contribution >= 4 is 22.6 Å². The molecule has 1 aromatic rings. The van der Waals surface area contributed by atoms with Gasteiger partial charge in [0.25, 0.3) is 0 Å². The monoisotopic (exact) mass is 201 g/mol. The number of hydrogen-bond donors (Lipinski definition) is 1. The Labute approximate surface area is 80.1 Å². The van der Waals surface area contributed by atoms with E-state index >= 15 is 0 Å². The lowest BCUT2D eigenvalue weighted by Crippen LogP contribution is -2.10. The average Bonchev–Trinajstić information content (AvgIpc) is 2.53. The number of ether oxygens (including phenoxy) is 1. The summed E-state index contributed by atoms with van der Waals surface area (Å²) in [5, 5.41) is 11.5. The number of carbonyl (C=O) groups excluding carboxylic acids is 1. The Morgan fingerprint density at radius 2 is 2.38 bits per heavy atom. The second-order valence-electron chi connectivity index (χ2n) is 2.37. The van der Waals surface area contributed by atoms with Gasteiger partial charge in [0.15, 0.2) is 0 Å². The Morgan fingerprint density at radius 3 is 3.00 bits per heavy atom. The molecule has 0 spiro atoms. The summed E-state index contributed by atoms with van der Waals surface area (Å²) in [5.41, 5.74) is 0. The summed E-state index contributed by atoms with van der Waals surface area (Å²) in [4.78, 5) is 10.8. The number of aryl methyl sites for hydroxylation is 1. The number of rotatable bonds is 3. The number of anilines is 1. The van der Waals surface area contributed by atoms with Gasteiger partial charge in [0.05, 0.1) is 7.11 Å². The van der Waals surface area contributed by atoms with Crippen molar-refractivity contribution in [1.82, 2.24) is 10.2 Å². The van der Waals surface area contributed by atoms with Crippen LogP contribution in [0, 0.1) is 0 Å². The predicted octanol–water partition coefficient (Wildman–Crippen LogP) is 1.67. The van der Waals surface area contributed by atoms with E-state index in [1.165, 1.54) is 18.4 Å². The van der Waals surface area contributed by atoms with Crippen molar-refractivity contribution in [3.63, 3.8) is 0 Å². The first-order valence-corrected chi connectivity index (χ1v) is 4.75. The fourth-order valence-corrected chi connectivity index (χ4v) is 1.58. The van der Waals surface area contributed by atoms with Crippen molar-refractivity contribution in [3.05, 3.63) is 5.01 Å². The minimum Gasteiger partial charge on any atom is -0.453 e. The number of amides is 1. The van der Waals surface area contributed by atoms with E-state index in [1.807, 2.05) is 0 Å². The van der Waals surface area contributed by atoms with Gasteiger partial charge in [-0.1, -0.05) is 18.3 Å². The molecule has 0 aliphatic carbocycles. The van der Waals surface area contributed by atoms with Gasteiger partial charge >= 0.3 is 6.09 Å². The molecule has 5 nitrogen and oxygen atoms in total. The first-order chi connectivity index (χ1) is 6.26. The maximum atomic E-state index is 10.8. The van der Waals surface area contributed by atoms with E-state index in [-0.39, 0.29) is 0 Å². The normalized spacial score (nSPS) is 9.69. The molecule has 0 aromatic carbocycles. The van der Waals surface area contributed by atoms with Crippen LogP contribution >= 0.6 is 11.3 Å². The first kappa shape index (κ1) is 9.91. The van der Waals surface area contributed by atoms with Crippen molar-refractivity contribution in [2.75, 3.05) is 12.4 Å². The molecule has 72 valence electrons. The fourth-order valence-electron chi connectivity index (χ4n) is 0.757. The Bertz CT molecular complexity index is 287. The Hall–Kier alpha value is -1.17. The molecule has 0 aliphatic heterocycles. The third-order valence-corrected chi connectivity index (χ3v) is 2.22. The van der Waals surface area contributed by atoms with Crippen LogP contribution in [0.4, 0.5) is 9.93 Å². The second kappa shape index (κ2) is 4.76. The smallest absolute Gasteiger partial charge is 0.413 e. The van der Waals surface area contributed by atoms with Gasteiger partial charge in [-0.05, 0) is 6.42 Å². The summed E-state index contributed by atoms with van der Waals surface area (Å²) in [5.74, 6) is 0. The van der Waals surface area contributed by atoms with Crippen LogP contribution in [0.15, 0.2) is 0 Å². The van der Waals surface area contributed by atoms with Crippen LogP contribution < -0.4 is 5.32 Å². The van der Waals surface area contributed by atoms with Crippen LogP contribution in [0.1, 0.15) is 18.4 Å². The molecular weight excluding hydrogens is 190 g/mol. The van der Waals surface area contributed by atoms with Crippen LogP contribution in [0.3, 0.4) is 0 Å². The number of carbonyl (C=O) groups is 1. The summed E-state index contributed by atoms with van der Waals surface area (Å²) in [6.45, 7) is 2.06. The third-order valence-electron chi connectivity index (χ3n) is 1.33. The molecule has 1 rings (SSSR count). The van der Waals surface area contributed by atoms with E-state index in [1.54, 1.807) is 0 Å². The van der Waals surface area contributed by atoms with Gasteiger partial charge in [-0.25, -0.2) is 4.79 Å². The molecule has 0 saturated carbocycles. The zero-order valence-electron chi connectivity index (χ0n) is 7.53. The van der Waals surface area contributed by atoms with Crippen LogP contribution in [-0.4, -0.2) is 23.4 Å². The van der Waals surface area contributed by atoms with E-state index < -0.39 is 6.09 Å². The molecule has 1 aromatic heterocycles. The highest BCUT2D eigenvalue weighted by Gasteiger charge is 2.06. The van der Waals surface area contributed by atoms with Crippen LogP contribution in [0.25, 0.3) is 0 Å². The summed E-state index contributed by atoms with van der Waals surface area (Å²) < 4.78 is 4.41. The lowest BCUT2D eigenvalue weighted by molar-refractivity contribution is 0.187. The topological polar surface area (TPSA) is 64.1 Å². The minimum absolute atomic E-state index is 0.482. The third kappa shape index (κ3) is 2.98. The lowest BCUT2D eigenvalue weighted by Gasteiger charge is -1.95. The van der Waals surface area contributed by atoms with Gasteiger partial charge in [0, 0.05) is 6.42 Å². The van der Waals surface area contributed by atoms with E-state index in [2.05, 4.69) is 27.2 Å². The van der Waals surface area contributed by atoms with Crippen LogP contribution in [0.2, 0.25) is 0 Å². The standard InChI is InChI=1S/C7H11N3O2S/c1-3-4-5-9-10-6(13-5)8-7(11)12-2/h3-4H2,1-2H3,(H,8,10,11). The lowest BCUT2D eigenvalue weighted by atomic mass is 10.4. The summed E-state index contributed by atoms with van der Waals surface area (Å²) in [6, 6.07) is 0. The largest absolute Gasteiger partial charge is 0.453 e. The minimum atomic E-state index is -0.515. The zero-order valence-corrected chi connectivity index (χ0v) is 8.35. The first-order valence-electron chi connectivity index (χ1n) is 3.93. The summed E-state index contributed by atoms with van der Waals surface area (Å²) in [7, 11) is 1.31. The molecular formula is C7H11N3O2S. The highest BCUT2D eigenvalue weighted by Crippen LogP contribution is 2.16. The molecule has 0 bridgehead atoms. The van der Waals surface area contributed by atoms with Crippen molar-refractivity contribution in [1.29, 1.82) is 0 Å². The van der Waals surface area contributed by atoms with Gasteiger partial charge < -0.3 is 4.74 Å². The van der Waals surface area contributed by atoms with E-state index in [0.29, 0.717) is 5.13 Å². The highest BCUT2D eigenvalue weighted by molar-refractivity contribution is 7.15. The van der Waals surface area contributed by atoms with E-state index in [4.69, 9.17) is 0 Å². The fraction of sp³-hybridized carbons (Fsp3) is 0.571. The highest BCUT2D eigenvalue weighted by atomic mass is 32.1. The number of hydrogen-bond acceptors (Lipinski definition) is 5. The van der Waals surface area contributed by atoms with Crippen LogP contribution in [0.5, 0.6) is 0 Å². The molecule has 0 saturated heterocycles. The zero-order chi connectivity index (χ0) is 9.68. The molecule has 13 heavy (non-hydrogen) atoms. The Balaban J connectivity index is 2.53. The number of nitrogens with zero attached hydrogens (tertiary/aromatic N) is 2. The number of nitrogens with one attached hydrogen (secondary N) is 1. The number of methoxy groups -OCH3 is 1. The molecule has 6 heteroatoms. The summed E-state index contributed by atoms with van der Waals surface area (Å²) >= 11 is 1.37. The van der Waals surface area contributed by atoms with Crippen molar-refractivity contribution in [3.8, 4) is 0 Å². The van der Waals surface area contributed by atoms with Crippen LogP contribution in [-0.2, 0) is 11.2 Å². The molecule has 0 atom stereocenters. The maximum Gasteiger partial charge on any atom is 0.413 e. The predicted molar refractivity (Wildman–Crippen MR) is 49.9 cm³/mol. The van der Waals surface area contributed by atoms with Gasteiger partial charge in [-0.3, -0.25) is 5.32 Å². The maximum absolute atomic E-state index is 10.8. The molecule has 1 N–H and O–H groups in total. The van der Waals surface area contributed by atoms with Gasteiger partial charge in [0.2, 0.25) is 5.13 Å². The molecule has 0 fully saturated rings. The Kier molecular flexibility index (Phi) is 3.63. The average molecular weight is 201 g/mol. The Morgan fingerprint density at radius 1 is 1.62 bits per heavy atom. The van der Waals surface area contributed by atoms with Crippen molar-refractivity contribution in [2.24, 2.45) is 0 Å². The van der Waals surface area contributed by atoms with E-state index in [9.17, 15) is 4.79 Å². The van der Waals surface area contributed by atoms with Crippen molar-refractivity contribution < 1.29 is 9.53 Å². The van der Waals surface area contributed by atoms with Gasteiger partial charge in [-0.2, -0.15) is 0 Å². The SMILES string of the molecule is CCCc1nnc(NC(=O)OC)s1. The molecule has 0 unspecified atom stereocenters. The quantitative estimate of drug-likeness (QED) is 0.807. The number of aromatic nitrogens is 2. The van der Waals surface area contributed by atoms with Crippen molar-refractivity contribution in [2.45, 2.75) is 19.8 Å². The van der Waals surface area contributed by atoms with Gasteiger partial charge in [-0.15, -0.1) is 10.2 Å².